The van der Waals surface area contributed by atoms with Crippen molar-refractivity contribution in [2.45, 2.75) is 66.7 Å². The predicted octanol–water partition coefficient (Wildman–Crippen LogP) is 5.54. The van der Waals surface area contributed by atoms with Gasteiger partial charge in [-0.25, -0.2) is 0 Å². The van der Waals surface area contributed by atoms with Gasteiger partial charge in [0.05, 0.1) is 12.4 Å². The molecule has 0 aliphatic carbocycles. The first-order valence-corrected chi connectivity index (χ1v) is 8.41. The Kier molecular flexibility index (Phi) is 6.57. The fourth-order valence-electron chi connectivity index (χ4n) is 4.39. The third-order valence-electron chi connectivity index (χ3n) is 5.73. The maximum Gasteiger partial charge on any atom is 0.0893 e. The van der Waals surface area contributed by atoms with Crippen molar-refractivity contribution in [2.75, 3.05) is 19.7 Å². The first kappa shape index (κ1) is 17.6. The maximum atomic E-state index is 5.69. The average molecular weight is 280 g/mol. The van der Waals surface area contributed by atoms with E-state index < -0.39 is 0 Å². The Morgan fingerprint density at radius 2 is 1.95 bits per heavy atom. The van der Waals surface area contributed by atoms with Gasteiger partial charge in [-0.1, -0.05) is 47.1 Å². The van der Waals surface area contributed by atoms with Crippen molar-refractivity contribution >= 4 is 0 Å². The van der Waals surface area contributed by atoms with Gasteiger partial charge in [0.2, 0.25) is 0 Å². The van der Waals surface area contributed by atoms with E-state index in [4.69, 9.17) is 10.1 Å². The quantitative estimate of drug-likeness (QED) is 0.535. The first-order valence-electron chi connectivity index (χ1n) is 8.41. The summed E-state index contributed by atoms with van der Waals surface area (Å²) in [5.41, 5.74) is 0.589. The van der Waals surface area contributed by atoms with Crippen molar-refractivity contribution in [3.63, 3.8) is 0 Å². The van der Waals surface area contributed by atoms with E-state index in [2.05, 4.69) is 34.3 Å². The third-order valence-corrected chi connectivity index (χ3v) is 5.73. The fraction of sp³-hybridized carbons (Fsp3) is 0.889. The van der Waals surface area contributed by atoms with E-state index in [1.54, 1.807) is 0 Å². The summed E-state index contributed by atoms with van der Waals surface area (Å²) in [6.07, 6.45) is 5.89. The topological polar surface area (TPSA) is 23.3 Å². The summed E-state index contributed by atoms with van der Waals surface area (Å²) in [4.78, 5) is 0. The van der Waals surface area contributed by atoms with E-state index >= 15 is 0 Å². The Morgan fingerprint density at radius 1 is 1.30 bits per heavy atom. The molecular weight excluding hydrogens is 246 g/mol. The third kappa shape index (κ3) is 3.21. The number of piperidine rings is 1. The second-order valence-corrected chi connectivity index (χ2v) is 6.66. The fourth-order valence-corrected chi connectivity index (χ4v) is 4.39. The van der Waals surface area contributed by atoms with Gasteiger partial charge < -0.3 is 10.1 Å². The van der Waals surface area contributed by atoms with Crippen LogP contribution in [0.1, 0.15) is 66.7 Å². The second-order valence-electron chi connectivity index (χ2n) is 6.66. The highest BCUT2D eigenvalue weighted by atomic mass is 16.5. The van der Waals surface area contributed by atoms with Gasteiger partial charge >= 0.3 is 0 Å². The summed E-state index contributed by atoms with van der Waals surface area (Å²) in [7, 11) is 0. The van der Waals surface area contributed by atoms with Gasteiger partial charge in [-0.3, -0.25) is 0 Å². The van der Waals surface area contributed by atoms with Crippen LogP contribution < -0.4 is 0 Å². The summed E-state index contributed by atoms with van der Waals surface area (Å²) in [6, 6.07) is 0. The van der Waals surface area contributed by atoms with Gasteiger partial charge in [0, 0.05) is 6.42 Å². The molecule has 1 fully saturated rings. The number of allylic oxidation sites excluding steroid dienone is 1. The Bertz CT molecular complexity index is 299. The number of hydrogen-bond acceptors (Lipinski definition) is 1. The van der Waals surface area contributed by atoms with E-state index in [0.29, 0.717) is 11.3 Å². The lowest BCUT2D eigenvalue weighted by Gasteiger charge is -2.60. The molecule has 0 aromatic carbocycles. The van der Waals surface area contributed by atoms with Gasteiger partial charge in [-0.05, 0) is 36.5 Å². The predicted molar refractivity (Wildman–Crippen MR) is 88.0 cm³/mol. The van der Waals surface area contributed by atoms with Crippen LogP contribution in [-0.4, -0.2) is 19.7 Å². The molecule has 1 aliphatic rings. The minimum absolute atomic E-state index is 0.275. The molecule has 0 N–H and O–H groups in total. The van der Waals surface area contributed by atoms with Crippen LogP contribution in [0.25, 0.3) is 5.32 Å². The molecule has 1 saturated heterocycles. The molecule has 1 atom stereocenters. The number of nitrogens with zero attached hydrogens (tertiary/aromatic N) is 1. The van der Waals surface area contributed by atoms with Crippen LogP contribution in [0.5, 0.6) is 0 Å². The number of ether oxygens (including phenoxy) is 1. The van der Waals surface area contributed by atoms with Crippen molar-refractivity contribution in [3.05, 3.63) is 17.7 Å². The van der Waals surface area contributed by atoms with E-state index in [1.165, 1.54) is 25.7 Å². The highest BCUT2D eigenvalue weighted by Gasteiger charge is 2.48. The van der Waals surface area contributed by atoms with Gasteiger partial charge in [-0.2, -0.15) is 0 Å². The van der Waals surface area contributed by atoms with Crippen molar-refractivity contribution in [2.24, 2.45) is 16.7 Å². The van der Waals surface area contributed by atoms with Gasteiger partial charge in [0.1, 0.15) is 0 Å². The zero-order valence-corrected chi connectivity index (χ0v) is 14.3. The van der Waals surface area contributed by atoms with Crippen LogP contribution >= 0.6 is 0 Å². The van der Waals surface area contributed by atoms with E-state index in [0.717, 1.165) is 31.9 Å². The molecule has 0 amide bonds. The molecule has 0 saturated carbocycles. The molecule has 0 spiro atoms. The van der Waals surface area contributed by atoms with Crippen LogP contribution in [0.4, 0.5) is 0 Å². The van der Waals surface area contributed by atoms with Gasteiger partial charge in [0.15, 0.2) is 0 Å². The van der Waals surface area contributed by atoms with Gasteiger partial charge in [0.25, 0.3) is 0 Å². The van der Waals surface area contributed by atoms with Crippen molar-refractivity contribution < 1.29 is 4.74 Å². The highest BCUT2D eigenvalue weighted by molar-refractivity contribution is 5.11. The molecular formula is C18H34NO-. The minimum atomic E-state index is 0.275. The Balaban J connectivity index is 3.09. The average Bonchev–Trinajstić information content (AvgIpc) is 2.45. The van der Waals surface area contributed by atoms with Crippen LogP contribution in [0.15, 0.2) is 12.3 Å². The molecule has 2 nitrogen and oxygen atoms in total. The van der Waals surface area contributed by atoms with Crippen LogP contribution in [0.2, 0.25) is 0 Å². The smallest absolute Gasteiger partial charge is 0.0893 e. The van der Waals surface area contributed by atoms with E-state index in [-0.39, 0.29) is 5.41 Å². The molecule has 1 rings (SSSR count). The molecule has 1 aliphatic heterocycles. The lowest BCUT2D eigenvalue weighted by Crippen LogP contribution is -2.50. The van der Waals surface area contributed by atoms with Gasteiger partial charge in [-0.15, -0.1) is 13.1 Å². The lowest BCUT2D eigenvalue weighted by atomic mass is 9.51. The summed E-state index contributed by atoms with van der Waals surface area (Å²) >= 11 is 0. The zero-order valence-electron chi connectivity index (χ0n) is 14.3. The standard InChI is InChI=1S/C18H34NO/c1-7-17(8-2,13-16(6)20-9-3)18(15(4)5)11-10-12-19-14-18/h15H,6-14H2,1-5H3/q-1. The second kappa shape index (κ2) is 7.49. The molecule has 2 heteroatoms. The van der Waals surface area contributed by atoms with E-state index in [1.807, 2.05) is 6.92 Å². The summed E-state index contributed by atoms with van der Waals surface area (Å²) in [5.74, 6) is 1.61. The maximum absolute atomic E-state index is 5.69. The molecule has 0 bridgehead atoms. The van der Waals surface area contributed by atoms with Crippen molar-refractivity contribution in [1.29, 1.82) is 0 Å². The van der Waals surface area contributed by atoms with Crippen LogP contribution in [0.3, 0.4) is 0 Å². The van der Waals surface area contributed by atoms with E-state index in [9.17, 15) is 0 Å². The Morgan fingerprint density at radius 3 is 2.35 bits per heavy atom. The lowest BCUT2D eigenvalue weighted by molar-refractivity contribution is -0.0332. The molecule has 0 aromatic rings. The number of hydrogen-bond donors (Lipinski definition) is 0. The normalized spacial score (nSPS) is 23.9. The summed E-state index contributed by atoms with van der Waals surface area (Å²) < 4.78 is 5.69. The SMILES string of the molecule is C=C(CC(CC)(CC)C1(C(C)C)CCC[N-]C1)OCC. The molecule has 0 radical (unpaired) electrons. The van der Waals surface area contributed by atoms with Crippen molar-refractivity contribution in [1.82, 2.24) is 0 Å². The minimum Gasteiger partial charge on any atom is -0.662 e. The zero-order chi connectivity index (χ0) is 15.2. The van der Waals surface area contributed by atoms with Crippen LogP contribution in [0, 0.1) is 16.7 Å². The molecule has 0 aromatic heterocycles. The monoisotopic (exact) mass is 280 g/mol. The molecule has 1 unspecified atom stereocenters. The Hall–Kier alpha value is -0.500. The molecule has 118 valence electrons. The van der Waals surface area contributed by atoms with Crippen LogP contribution in [-0.2, 0) is 4.74 Å². The molecule has 1 heterocycles. The number of rotatable bonds is 8. The largest absolute Gasteiger partial charge is 0.662 e. The highest BCUT2D eigenvalue weighted by Crippen LogP contribution is 2.57. The summed E-state index contributed by atoms with van der Waals surface area (Å²) in [5, 5.41) is 4.80. The van der Waals surface area contributed by atoms with Crippen molar-refractivity contribution in [3.8, 4) is 0 Å². The Labute approximate surface area is 126 Å². The molecule has 20 heavy (non-hydrogen) atoms. The first-order chi connectivity index (χ1) is 9.48. The summed E-state index contributed by atoms with van der Waals surface area (Å²) in [6.45, 7) is 18.4.